The molecule has 2 N–H and O–H groups in total. The van der Waals surface area contributed by atoms with Gasteiger partial charge >= 0.3 is 0 Å². The molecule has 1 amide bonds. The molecule has 7 heteroatoms. The number of amides is 1. The second kappa shape index (κ2) is 6.53. The summed E-state index contributed by atoms with van der Waals surface area (Å²) in [4.78, 5) is 24.4. The number of anilines is 1. The Labute approximate surface area is 122 Å². The first-order chi connectivity index (χ1) is 10.1. The summed E-state index contributed by atoms with van der Waals surface area (Å²) in [6.07, 6.45) is 1.55. The Hall–Kier alpha value is -2.15. The van der Waals surface area contributed by atoms with Gasteiger partial charge in [-0.2, -0.15) is 0 Å². The number of hydrogen-bond acceptors (Lipinski definition) is 5. The Kier molecular flexibility index (Phi) is 4.74. The Morgan fingerprint density at radius 1 is 1.43 bits per heavy atom. The van der Waals surface area contributed by atoms with Crippen LogP contribution in [0.1, 0.15) is 26.2 Å². The number of fused-ring (bicyclic) bond motifs is 1. The highest BCUT2D eigenvalue weighted by Crippen LogP contribution is 2.37. The van der Waals surface area contributed by atoms with E-state index in [4.69, 9.17) is 10.5 Å². The van der Waals surface area contributed by atoms with Gasteiger partial charge in [-0.1, -0.05) is 6.92 Å². The molecule has 0 fully saturated rings. The van der Waals surface area contributed by atoms with Crippen LogP contribution in [0.25, 0.3) is 0 Å². The number of benzene rings is 1. The lowest BCUT2D eigenvalue weighted by Gasteiger charge is -2.34. The van der Waals surface area contributed by atoms with Crippen molar-refractivity contribution in [1.29, 1.82) is 0 Å². The first-order valence-electron chi connectivity index (χ1n) is 7.05. The summed E-state index contributed by atoms with van der Waals surface area (Å²) < 4.78 is 5.60. The zero-order valence-electron chi connectivity index (χ0n) is 11.9. The third kappa shape index (κ3) is 3.13. The number of nitro benzene ring substituents is 1. The summed E-state index contributed by atoms with van der Waals surface area (Å²) in [5.74, 6) is 0.291. The molecule has 7 nitrogen and oxygen atoms in total. The van der Waals surface area contributed by atoms with E-state index in [2.05, 4.69) is 0 Å². The summed E-state index contributed by atoms with van der Waals surface area (Å²) in [5, 5.41) is 10.9. The lowest BCUT2D eigenvalue weighted by molar-refractivity contribution is -0.384. The van der Waals surface area contributed by atoms with E-state index in [0.717, 1.165) is 12.8 Å². The van der Waals surface area contributed by atoms with E-state index in [0.29, 0.717) is 30.9 Å². The predicted octanol–water partition coefficient (Wildman–Crippen LogP) is 1.84. The lowest BCUT2D eigenvalue weighted by Crippen LogP contribution is -2.46. The number of carbonyl (C=O) groups excluding carboxylic acids is 1. The highest BCUT2D eigenvalue weighted by Gasteiger charge is 2.33. The SMILES string of the molecule is CCC1Oc2cc([N+](=O)[O-])ccc2N(CCCCN)C1=O. The molecule has 0 spiro atoms. The van der Waals surface area contributed by atoms with Gasteiger partial charge in [0, 0.05) is 12.6 Å². The minimum absolute atomic E-state index is 0.0418. The lowest BCUT2D eigenvalue weighted by atomic mass is 10.1. The Balaban J connectivity index is 2.32. The molecule has 0 bridgehead atoms. The molecule has 2 rings (SSSR count). The molecule has 1 aliphatic rings. The van der Waals surface area contributed by atoms with Crippen LogP contribution >= 0.6 is 0 Å². The van der Waals surface area contributed by atoms with Gasteiger partial charge in [0.25, 0.3) is 11.6 Å². The minimum Gasteiger partial charge on any atom is -0.478 e. The molecular formula is C14H19N3O4. The number of nitrogens with two attached hydrogens (primary N) is 1. The van der Waals surface area contributed by atoms with Crippen molar-refractivity contribution in [1.82, 2.24) is 0 Å². The number of rotatable bonds is 6. The van der Waals surface area contributed by atoms with Gasteiger partial charge in [0.2, 0.25) is 0 Å². The average molecular weight is 293 g/mol. The molecule has 1 heterocycles. The number of ether oxygens (including phenoxy) is 1. The van der Waals surface area contributed by atoms with Crippen LogP contribution in [0.15, 0.2) is 18.2 Å². The number of nitro groups is 1. The molecule has 0 saturated heterocycles. The van der Waals surface area contributed by atoms with Crippen LogP contribution in [0, 0.1) is 10.1 Å². The monoisotopic (exact) mass is 293 g/mol. The smallest absolute Gasteiger partial charge is 0.273 e. The molecular weight excluding hydrogens is 274 g/mol. The van der Waals surface area contributed by atoms with Gasteiger partial charge in [0.1, 0.15) is 0 Å². The summed E-state index contributed by atoms with van der Waals surface area (Å²) in [6, 6.07) is 4.33. The van der Waals surface area contributed by atoms with Crippen LogP contribution in [0.3, 0.4) is 0 Å². The van der Waals surface area contributed by atoms with Crippen LogP contribution in [0.4, 0.5) is 11.4 Å². The third-order valence-corrected chi connectivity index (χ3v) is 3.46. The van der Waals surface area contributed by atoms with Gasteiger partial charge in [-0.25, -0.2) is 0 Å². The van der Waals surface area contributed by atoms with Gasteiger partial charge in [0.15, 0.2) is 11.9 Å². The summed E-state index contributed by atoms with van der Waals surface area (Å²) in [7, 11) is 0. The van der Waals surface area contributed by atoms with E-state index >= 15 is 0 Å². The Morgan fingerprint density at radius 3 is 2.81 bits per heavy atom. The topological polar surface area (TPSA) is 98.7 Å². The van der Waals surface area contributed by atoms with Crippen molar-refractivity contribution in [3.05, 3.63) is 28.3 Å². The molecule has 1 aromatic rings. The van der Waals surface area contributed by atoms with E-state index < -0.39 is 11.0 Å². The number of nitrogens with zero attached hydrogens (tertiary/aromatic N) is 2. The van der Waals surface area contributed by atoms with Gasteiger partial charge in [-0.15, -0.1) is 0 Å². The van der Waals surface area contributed by atoms with Crippen molar-refractivity contribution >= 4 is 17.3 Å². The second-order valence-corrected chi connectivity index (χ2v) is 4.91. The highest BCUT2D eigenvalue weighted by atomic mass is 16.6. The number of carbonyl (C=O) groups is 1. The average Bonchev–Trinajstić information content (AvgIpc) is 2.48. The van der Waals surface area contributed by atoms with Crippen molar-refractivity contribution in [3.63, 3.8) is 0 Å². The fourth-order valence-electron chi connectivity index (χ4n) is 2.33. The largest absolute Gasteiger partial charge is 0.478 e. The molecule has 114 valence electrons. The second-order valence-electron chi connectivity index (χ2n) is 4.91. The first kappa shape index (κ1) is 15.2. The van der Waals surface area contributed by atoms with Crippen molar-refractivity contribution in [2.75, 3.05) is 18.0 Å². The van der Waals surface area contributed by atoms with Crippen LogP contribution in [-0.4, -0.2) is 30.0 Å². The van der Waals surface area contributed by atoms with E-state index in [1.54, 1.807) is 11.0 Å². The van der Waals surface area contributed by atoms with E-state index in [1.165, 1.54) is 12.1 Å². The quantitative estimate of drug-likeness (QED) is 0.490. The maximum Gasteiger partial charge on any atom is 0.273 e. The highest BCUT2D eigenvalue weighted by molar-refractivity contribution is 6.00. The first-order valence-corrected chi connectivity index (χ1v) is 7.05. The molecule has 1 atom stereocenters. The van der Waals surface area contributed by atoms with Gasteiger partial charge < -0.3 is 15.4 Å². The summed E-state index contributed by atoms with van der Waals surface area (Å²) in [5.41, 5.74) is 6.03. The molecule has 1 aliphatic heterocycles. The van der Waals surface area contributed by atoms with Crippen LogP contribution < -0.4 is 15.4 Å². The van der Waals surface area contributed by atoms with Crippen LogP contribution in [0.2, 0.25) is 0 Å². The normalized spacial score (nSPS) is 17.3. The van der Waals surface area contributed by atoms with Crippen molar-refractivity contribution < 1.29 is 14.5 Å². The molecule has 0 saturated carbocycles. The molecule has 0 aromatic heterocycles. The maximum atomic E-state index is 12.4. The maximum absolute atomic E-state index is 12.4. The molecule has 0 radical (unpaired) electrons. The van der Waals surface area contributed by atoms with E-state index in [9.17, 15) is 14.9 Å². The standard InChI is InChI=1S/C14H19N3O4/c1-2-12-14(18)16(8-4-3-7-15)11-6-5-10(17(19)20)9-13(11)21-12/h5-6,9,12H,2-4,7-8,15H2,1H3. The van der Waals surface area contributed by atoms with Crippen molar-refractivity contribution in [3.8, 4) is 5.75 Å². The number of hydrogen-bond donors (Lipinski definition) is 1. The van der Waals surface area contributed by atoms with Gasteiger partial charge in [-0.05, 0) is 31.9 Å². The third-order valence-electron chi connectivity index (χ3n) is 3.46. The molecule has 21 heavy (non-hydrogen) atoms. The zero-order chi connectivity index (χ0) is 15.4. The predicted molar refractivity (Wildman–Crippen MR) is 78.4 cm³/mol. The Bertz CT molecular complexity index is 547. The number of non-ortho nitro benzene ring substituents is 1. The van der Waals surface area contributed by atoms with Crippen molar-refractivity contribution in [2.24, 2.45) is 5.73 Å². The van der Waals surface area contributed by atoms with Crippen molar-refractivity contribution in [2.45, 2.75) is 32.3 Å². The minimum atomic E-state index is -0.586. The fraction of sp³-hybridized carbons (Fsp3) is 0.500. The van der Waals surface area contributed by atoms with Gasteiger partial charge in [0.05, 0.1) is 16.7 Å². The summed E-state index contributed by atoms with van der Waals surface area (Å²) >= 11 is 0. The Morgan fingerprint density at radius 2 is 2.19 bits per heavy atom. The summed E-state index contributed by atoms with van der Waals surface area (Å²) in [6.45, 7) is 2.96. The van der Waals surface area contributed by atoms with Crippen LogP contribution in [-0.2, 0) is 4.79 Å². The fourth-order valence-corrected chi connectivity index (χ4v) is 2.33. The number of unbranched alkanes of at least 4 members (excludes halogenated alkanes) is 1. The van der Waals surface area contributed by atoms with Gasteiger partial charge in [-0.3, -0.25) is 14.9 Å². The molecule has 1 unspecified atom stereocenters. The zero-order valence-corrected chi connectivity index (χ0v) is 11.9. The van der Waals surface area contributed by atoms with Crippen LogP contribution in [0.5, 0.6) is 5.75 Å². The van der Waals surface area contributed by atoms with E-state index in [1.807, 2.05) is 6.92 Å². The molecule has 1 aromatic carbocycles. The molecule has 0 aliphatic carbocycles. The van der Waals surface area contributed by atoms with E-state index in [-0.39, 0.29) is 11.6 Å².